The molecule has 104 valence electrons. The maximum atomic E-state index is 3.71. The molecule has 1 saturated heterocycles. The topological polar surface area (TPSA) is 15.3 Å². The summed E-state index contributed by atoms with van der Waals surface area (Å²) in [4.78, 5) is 2.71. The maximum absolute atomic E-state index is 3.71. The van der Waals surface area contributed by atoms with E-state index in [1.54, 1.807) is 0 Å². The average molecular weight is 258 g/mol. The molecule has 19 heavy (non-hydrogen) atoms. The number of benzene rings is 1. The summed E-state index contributed by atoms with van der Waals surface area (Å²) in [5, 5.41) is 3.71. The Bertz CT molecular complexity index is 431. The fourth-order valence-electron chi connectivity index (χ4n) is 3.24. The number of hydrogen-bond donors (Lipinski definition) is 1. The zero-order valence-corrected chi connectivity index (χ0v) is 12.4. The Morgan fingerprint density at radius 1 is 1.21 bits per heavy atom. The summed E-state index contributed by atoms with van der Waals surface area (Å²) >= 11 is 0. The van der Waals surface area contributed by atoms with Gasteiger partial charge in [-0.1, -0.05) is 29.8 Å². The van der Waals surface area contributed by atoms with Crippen LogP contribution in [0, 0.1) is 12.8 Å². The Morgan fingerprint density at radius 2 is 1.89 bits per heavy atom. The molecule has 1 aliphatic heterocycles. The monoisotopic (exact) mass is 258 g/mol. The van der Waals surface area contributed by atoms with Crippen LogP contribution in [0.25, 0.3) is 0 Å². The van der Waals surface area contributed by atoms with Crippen molar-refractivity contribution in [3.63, 3.8) is 0 Å². The molecule has 1 heterocycles. The van der Waals surface area contributed by atoms with Crippen LogP contribution in [0.5, 0.6) is 0 Å². The second-order valence-electron chi connectivity index (χ2n) is 7.06. The van der Waals surface area contributed by atoms with Gasteiger partial charge in [-0.2, -0.15) is 0 Å². The van der Waals surface area contributed by atoms with E-state index in [9.17, 15) is 0 Å². The summed E-state index contributed by atoms with van der Waals surface area (Å²) in [5.74, 6) is 0.939. The first-order valence-corrected chi connectivity index (χ1v) is 7.58. The molecule has 0 radical (unpaired) electrons. The van der Waals surface area contributed by atoms with Gasteiger partial charge in [0.05, 0.1) is 0 Å². The lowest BCUT2D eigenvalue weighted by molar-refractivity contribution is 0.0759. The van der Waals surface area contributed by atoms with E-state index in [1.807, 2.05) is 0 Å². The summed E-state index contributed by atoms with van der Waals surface area (Å²) < 4.78 is 0. The van der Waals surface area contributed by atoms with Crippen molar-refractivity contribution in [2.45, 2.75) is 51.7 Å². The Balaban J connectivity index is 1.73. The molecule has 0 spiro atoms. The lowest BCUT2D eigenvalue weighted by atomic mass is 9.96. The normalized spacial score (nSPS) is 27.4. The van der Waals surface area contributed by atoms with Crippen molar-refractivity contribution < 1.29 is 0 Å². The number of nitrogens with one attached hydrogen (secondary N) is 1. The third-order valence-electron chi connectivity index (χ3n) is 4.53. The minimum absolute atomic E-state index is 0.246. The molecule has 1 aliphatic carbocycles. The van der Waals surface area contributed by atoms with Crippen molar-refractivity contribution in [1.29, 1.82) is 0 Å². The zero-order valence-electron chi connectivity index (χ0n) is 12.4. The highest BCUT2D eigenvalue weighted by atomic mass is 15.3. The van der Waals surface area contributed by atoms with Crippen LogP contribution in [0.4, 0.5) is 0 Å². The Kier molecular flexibility index (Phi) is 3.40. The van der Waals surface area contributed by atoms with E-state index < -0.39 is 0 Å². The molecule has 1 N–H and O–H groups in total. The summed E-state index contributed by atoms with van der Waals surface area (Å²) in [6.07, 6.45) is 2.86. The van der Waals surface area contributed by atoms with Crippen LogP contribution in [0.3, 0.4) is 0 Å². The highest BCUT2D eigenvalue weighted by Gasteiger charge is 2.40. The van der Waals surface area contributed by atoms with Gasteiger partial charge in [-0.05, 0) is 45.1 Å². The minimum Gasteiger partial charge on any atom is -0.309 e. The minimum atomic E-state index is 0.246. The standard InChI is InChI=1S/C17H26N2/c1-13-4-6-14(7-5-13)11-19-12-17(2,3)18-10-16(19)15-8-9-15/h4-7,15-16,18H,8-12H2,1-3H3. The number of aryl methyl sites for hydroxylation is 1. The van der Waals surface area contributed by atoms with Crippen molar-refractivity contribution in [3.05, 3.63) is 35.4 Å². The van der Waals surface area contributed by atoms with Crippen molar-refractivity contribution in [1.82, 2.24) is 10.2 Å². The van der Waals surface area contributed by atoms with E-state index in [4.69, 9.17) is 0 Å². The molecule has 1 aromatic carbocycles. The molecule has 0 bridgehead atoms. The molecule has 2 aliphatic rings. The van der Waals surface area contributed by atoms with Crippen LogP contribution >= 0.6 is 0 Å². The first-order chi connectivity index (χ1) is 9.03. The molecule has 2 fully saturated rings. The van der Waals surface area contributed by atoms with Crippen molar-refractivity contribution in [3.8, 4) is 0 Å². The number of rotatable bonds is 3. The predicted molar refractivity (Wildman–Crippen MR) is 80.2 cm³/mol. The van der Waals surface area contributed by atoms with Gasteiger partial charge in [-0.15, -0.1) is 0 Å². The van der Waals surface area contributed by atoms with Gasteiger partial charge >= 0.3 is 0 Å². The van der Waals surface area contributed by atoms with E-state index in [-0.39, 0.29) is 5.54 Å². The second-order valence-corrected chi connectivity index (χ2v) is 7.06. The Hall–Kier alpha value is -0.860. The smallest absolute Gasteiger partial charge is 0.0253 e. The molecule has 2 nitrogen and oxygen atoms in total. The van der Waals surface area contributed by atoms with E-state index in [0.29, 0.717) is 0 Å². The highest BCUT2D eigenvalue weighted by Crippen LogP contribution is 2.37. The number of nitrogens with zero attached hydrogens (tertiary/aromatic N) is 1. The van der Waals surface area contributed by atoms with Crippen LogP contribution in [0.2, 0.25) is 0 Å². The molecule has 0 amide bonds. The molecule has 1 atom stereocenters. The molecule has 0 aromatic heterocycles. The van der Waals surface area contributed by atoms with E-state index in [2.05, 4.69) is 55.3 Å². The zero-order chi connectivity index (χ0) is 13.5. The van der Waals surface area contributed by atoms with Gasteiger partial charge in [-0.3, -0.25) is 4.90 Å². The number of piperazine rings is 1. The number of hydrogen-bond acceptors (Lipinski definition) is 2. The third-order valence-corrected chi connectivity index (χ3v) is 4.53. The van der Waals surface area contributed by atoms with Gasteiger partial charge < -0.3 is 5.32 Å². The van der Waals surface area contributed by atoms with Gasteiger partial charge in [0.1, 0.15) is 0 Å². The predicted octanol–water partition coefficient (Wildman–Crippen LogP) is 2.96. The van der Waals surface area contributed by atoms with Gasteiger partial charge in [-0.25, -0.2) is 0 Å². The van der Waals surface area contributed by atoms with Crippen molar-refractivity contribution >= 4 is 0 Å². The lowest BCUT2D eigenvalue weighted by Gasteiger charge is -2.45. The first kappa shape index (κ1) is 13.1. The van der Waals surface area contributed by atoms with Gasteiger partial charge in [0, 0.05) is 31.2 Å². The maximum Gasteiger partial charge on any atom is 0.0253 e. The van der Waals surface area contributed by atoms with E-state index >= 15 is 0 Å². The van der Waals surface area contributed by atoms with E-state index in [1.165, 1.54) is 24.0 Å². The molecule has 1 aromatic rings. The highest BCUT2D eigenvalue weighted by molar-refractivity contribution is 5.21. The van der Waals surface area contributed by atoms with Crippen LogP contribution in [0.15, 0.2) is 24.3 Å². The fraction of sp³-hybridized carbons (Fsp3) is 0.647. The van der Waals surface area contributed by atoms with Crippen LogP contribution in [0.1, 0.15) is 37.8 Å². The van der Waals surface area contributed by atoms with Gasteiger partial charge in [0.2, 0.25) is 0 Å². The summed E-state index contributed by atoms with van der Waals surface area (Å²) in [5.41, 5.74) is 3.05. The molecule has 3 rings (SSSR count). The van der Waals surface area contributed by atoms with Gasteiger partial charge in [0.25, 0.3) is 0 Å². The summed E-state index contributed by atoms with van der Waals surface area (Å²) in [7, 11) is 0. The third kappa shape index (κ3) is 3.18. The molecule has 1 unspecified atom stereocenters. The second kappa shape index (κ2) is 4.92. The van der Waals surface area contributed by atoms with Crippen molar-refractivity contribution in [2.24, 2.45) is 5.92 Å². The lowest BCUT2D eigenvalue weighted by Crippen LogP contribution is -2.61. The van der Waals surface area contributed by atoms with Gasteiger partial charge in [0.15, 0.2) is 0 Å². The van der Waals surface area contributed by atoms with Crippen LogP contribution in [-0.4, -0.2) is 29.6 Å². The Labute approximate surface area is 117 Å². The van der Waals surface area contributed by atoms with Crippen LogP contribution in [-0.2, 0) is 6.54 Å². The summed E-state index contributed by atoms with van der Waals surface area (Å²) in [6.45, 7) is 10.2. The first-order valence-electron chi connectivity index (χ1n) is 7.58. The largest absolute Gasteiger partial charge is 0.309 e. The molecule has 1 saturated carbocycles. The molecular formula is C17H26N2. The Morgan fingerprint density at radius 3 is 2.53 bits per heavy atom. The average Bonchev–Trinajstić information content (AvgIpc) is 3.15. The molecular weight excluding hydrogens is 232 g/mol. The van der Waals surface area contributed by atoms with E-state index in [0.717, 1.165) is 31.6 Å². The summed E-state index contributed by atoms with van der Waals surface area (Å²) in [6, 6.07) is 9.78. The molecule has 2 heteroatoms. The quantitative estimate of drug-likeness (QED) is 0.896. The van der Waals surface area contributed by atoms with Crippen LogP contribution < -0.4 is 5.32 Å². The SMILES string of the molecule is Cc1ccc(CN2CC(C)(C)NCC2C2CC2)cc1. The van der Waals surface area contributed by atoms with Crippen molar-refractivity contribution in [2.75, 3.05) is 13.1 Å². The fourth-order valence-corrected chi connectivity index (χ4v) is 3.24.